The number of ether oxygens (including phenoxy) is 2. The lowest BCUT2D eigenvalue weighted by Gasteiger charge is -2.27. The molecular weight excluding hydrogens is 256 g/mol. The molecule has 2 rings (SSSR count). The maximum Gasteiger partial charge on any atom is 0.303 e. The van der Waals surface area contributed by atoms with Crippen molar-refractivity contribution in [3.05, 3.63) is 34.3 Å². The van der Waals surface area contributed by atoms with Gasteiger partial charge in [-0.25, -0.2) is 0 Å². The topological polar surface area (TPSA) is 55.8 Å². The fourth-order valence-corrected chi connectivity index (χ4v) is 2.05. The van der Waals surface area contributed by atoms with E-state index in [1.807, 2.05) is 18.2 Å². The molecule has 18 heavy (non-hydrogen) atoms. The van der Waals surface area contributed by atoms with Crippen LogP contribution < -0.4 is 0 Å². The van der Waals surface area contributed by atoms with Crippen molar-refractivity contribution in [2.75, 3.05) is 0 Å². The van der Waals surface area contributed by atoms with Crippen molar-refractivity contribution >= 4 is 17.6 Å². The zero-order valence-corrected chi connectivity index (χ0v) is 10.9. The Balaban J connectivity index is 2.08. The van der Waals surface area contributed by atoms with Gasteiger partial charge in [0.1, 0.15) is 0 Å². The minimum absolute atomic E-state index is 0.0214. The second-order valence-corrected chi connectivity index (χ2v) is 4.95. The summed E-state index contributed by atoms with van der Waals surface area (Å²) in [4.78, 5) is 10.6. The van der Waals surface area contributed by atoms with Gasteiger partial charge in [-0.3, -0.25) is 4.79 Å². The summed E-state index contributed by atoms with van der Waals surface area (Å²) in [5, 5.41) is 9.37. The smallest absolute Gasteiger partial charge is 0.303 e. The van der Waals surface area contributed by atoms with Crippen LogP contribution in [0, 0.1) is 0 Å². The summed E-state index contributed by atoms with van der Waals surface area (Å²) >= 11 is 5.93. The average Bonchev–Trinajstić information content (AvgIpc) is 2.48. The molecule has 1 aromatic rings. The average molecular weight is 271 g/mol. The third kappa shape index (κ3) is 3.22. The molecule has 1 aromatic carbocycles. The van der Waals surface area contributed by atoms with Gasteiger partial charge in [-0.05, 0) is 30.2 Å². The molecule has 0 bridgehead atoms. The predicted molar refractivity (Wildman–Crippen MR) is 66.3 cm³/mol. The van der Waals surface area contributed by atoms with Crippen molar-refractivity contribution in [3.63, 3.8) is 0 Å². The van der Waals surface area contributed by atoms with Crippen molar-refractivity contribution < 1.29 is 19.4 Å². The number of aliphatic carboxylic acids is 1. The van der Waals surface area contributed by atoms with Crippen LogP contribution in [0.1, 0.15) is 30.9 Å². The van der Waals surface area contributed by atoms with Gasteiger partial charge in [0, 0.05) is 11.4 Å². The van der Waals surface area contributed by atoms with E-state index in [2.05, 4.69) is 0 Å². The number of halogens is 1. The van der Waals surface area contributed by atoms with Crippen molar-refractivity contribution in [3.8, 4) is 0 Å². The molecule has 98 valence electrons. The lowest BCUT2D eigenvalue weighted by molar-refractivity contribution is -0.236. The zero-order chi connectivity index (χ0) is 13.2. The minimum atomic E-state index is -0.857. The van der Waals surface area contributed by atoms with Gasteiger partial charge >= 0.3 is 5.97 Å². The first kappa shape index (κ1) is 13.3. The Labute approximate surface area is 110 Å². The second-order valence-electron chi connectivity index (χ2n) is 4.52. The first-order valence-electron chi connectivity index (χ1n) is 5.75. The number of carboxylic acids is 1. The van der Waals surface area contributed by atoms with Crippen molar-refractivity contribution in [2.24, 2.45) is 0 Å². The molecule has 0 radical (unpaired) electrons. The molecule has 0 spiro atoms. The summed E-state index contributed by atoms with van der Waals surface area (Å²) in [6, 6.07) is 5.57. The summed E-state index contributed by atoms with van der Waals surface area (Å²) in [5.74, 6) is -1.71. The highest BCUT2D eigenvalue weighted by Crippen LogP contribution is 2.29. The maximum atomic E-state index is 10.6. The van der Waals surface area contributed by atoms with Gasteiger partial charge in [-0.2, -0.15) is 0 Å². The van der Waals surface area contributed by atoms with E-state index in [4.69, 9.17) is 26.2 Å². The first-order valence-corrected chi connectivity index (χ1v) is 6.13. The van der Waals surface area contributed by atoms with E-state index in [9.17, 15) is 4.79 Å². The van der Waals surface area contributed by atoms with Gasteiger partial charge in [0.25, 0.3) is 0 Å². The number of benzene rings is 1. The molecule has 0 aliphatic carbocycles. The Morgan fingerprint density at radius 2 is 2.06 bits per heavy atom. The van der Waals surface area contributed by atoms with Crippen LogP contribution in [0.4, 0.5) is 0 Å². The zero-order valence-electron chi connectivity index (χ0n) is 10.1. The number of hydrogen-bond acceptors (Lipinski definition) is 3. The molecule has 0 aromatic heterocycles. The monoisotopic (exact) mass is 270 g/mol. The van der Waals surface area contributed by atoms with Crippen LogP contribution in [-0.2, 0) is 27.5 Å². The number of carboxylic acid groups (broad SMARTS) is 1. The maximum absolute atomic E-state index is 10.6. The van der Waals surface area contributed by atoms with E-state index in [1.54, 1.807) is 6.92 Å². The highest BCUT2D eigenvalue weighted by molar-refractivity contribution is 6.30. The molecule has 1 aliphatic heterocycles. The van der Waals surface area contributed by atoms with Crippen molar-refractivity contribution in [1.29, 1.82) is 0 Å². The van der Waals surface area contributed by atoms with Gasteiger partial charge < -0.3 is 14.6 Å². The minimum Gasteiger partial charge on any atom is -0.481 e. The SMILES string of the molecule is CC1(CCC(=O)O)OCc2ccc(Cl)cc2CO1. The molecule has 1 heterocycles. The van der Waals surface area contributed by atoms with Gasteiger partial charge in [-0.15, -0.1) is 0 Å². The second kappa shape index (κ2) is 5.26. The normalized spacial score (nSPS) is 23.2. The van der Waals surface area contributed by atoms with E-state index < -0.39 is 11.8 Å². The summed E-state index contributed by atoms with van der Waals surface area (Å²) in [5.41, 5.74) is 2.01. The summed E-state index contributed by atoms with van der Waals surface area (Å²) in [6.07, 6.45) is 0.345. The molecule has 1 unspecified atom stereocenters. The third-order valence-electron chi connectivity index (χ3n) is 3.03. The summed E-state index contributed by atoms with van der Waals surface area (Å²) < 4.78 is 11.4. The lowest BCUT2D eigenvalue weighted by atomic mass is 10.1. The van der Waals surface area contributed by atoms with Gasteiger partial charge in [0.2, 0.25) is 0 Å². The molecule has 0 saturated heterocycles. The summed E-state index contributed by atoms with van der Waals surface area (Å²) in [6.45, 7) is 2.55. The fourth-order valence-electron chi connectivity index (χ4n) is 1.85. The predicted octanol–water partition coefficient (Wildman–Crippen LogP) is 2.97. The van der Waals surface area contributed by atoms with E-state index in [0.717, 1.165) is 11.1 Å². The number of fused-ring (bicyclic) bond motifs is 1. The van der Waals surface area contributed by atoms with Gasteiger partial charge in [0.05, 0.1) is 19.6 Å². The highest BCUT2D eigenvalue weighted by Gasteiger charge is 2.30. The molecule has 0 amide bonds. The molecule has 5 heteroatoms. The van der Waals surface area contributed by atoms with Crippen LogP contribution >= 0.6 is 11.6 Å². The van der Waals surface area contributed by atoms with E-state index in [-0.39, 0.29) is 6.42 Å². The Hall–Kier alpha value is -1.10. The molecule has 1 N–H and O–H groups in total. The van der Waals surface area contributed by atoms with E-state index in [0.29, 0.717) is 24.7 Å². The van der Waals surface area contributed by atoms with Crippen LogP contribution in [0.3, 0.4) is 0 Å². The molecule has 0 saturated carbocycles. The quantitative estimate of drug-likeness (QED) is 0.917. The van der Waals surface area contributed by atoms with Gasteiger partial charge in [-0.1, -0.05) is 17.7 Å². The van der Waals surface area contributed by atoms with Crippen LogP contribution in [0.15, 0.2) is 18.2 Å². The van der Waals surface area contributed by atoms with Crippen LogP contribution in [0.5, 0.6) is 0 Å². The van der Waals surface area contributed by atoms with Crippen molar-refractivity contribution in [2.45, 2.75) is 38.8 Å². The number of carbonyl (C=O) groups is 1. The lowest BCUT2D eigenvalue weighted by Crippen LogP contribution is -2.31. The Morgan fingerprint density at radius 1 is 1.39 bits per heavy atom. The molecule has 1 aliphatic rings. The summed E-state index contributed by atoms with van der Waals surface area (Å²) in [7, 11) is 0. The van der Waals surface area contributed by atoms with E-state index in [1.165, 1.54) is 0 Å². The fraction of sp³-hybridized carbons (Fsp3) is 0.462. The van der Waals surface area contributed by atoms with Crippen molar-refractivity contribution in [1.82, 2.24) is 0 Å². The highest BCUT2D eigenvalue weighted by atomic mass is 35.5. The third-order valence-corrected chi connectivity index (χ3v) is 3.26. The number of rotatable bonds is 3. The van der Waals surface area contributed by atoms with Crippen LogP contribution in [0.2, 0.25) is 5.02 Å². The van der Waals surface area contributed by atoms with Crippen LogP contribution in [-0.4, -0.2) is 16.9 Å². The Kier molecular flexibility index (Phi) is 3.90. The Morgan fingerprint density at radius 3 is 2.72 bits per heavy atom. The van der Waals surface area contributed by atoms with Crippen LogP contribution in [0.25, 0.3) is 0 Å². The molecule has 1 atom stereocenters. The molecule has 4 nitrogen and oxygen atoms in total. The first-order chi connectivity index (χ1) is 8.48. The molecular formula is C13H15ClO4. The molecule has 0 fully saturated rings. The largest absolute Gasteiger partial charge is 0.481 e. The van der Waals surface area contributed by atoms with Gasteiger partial charge in [0.15, 0.2) is 5.79 Å². The standard InChI is InChI=1S/C13H15ClO4/c1-13(5-4-12(15)16)17-7-9-2-3-11(14)6-10(9)8-18-13/h2-3,6H,4-5,7-8H2,1H3,(H,15,16). The number of hydrogen-bond donors (Lipinski definition) is 1. The van der Waals surface area contributed by atoms with E-state index >= 15 is 0 Å². The Bertz CT molecular complexity index is 460.